The van der Waals surface area contributed by atoms with Crippen LogP contribution in [-0.2, 0) is 19.4 Å². The Balaban J connectivity index is 2.25. The lowest BCUT2D eigenvalue weighted by Gasteiger charge is -2.33. The topological polar surface area (TPSA) is 48.9 Å². The highest BCUT2D eigenvalue weighted by molar-refractivity contribution is 5.28. The van der Waals surface area contributed by atoms with Crippen molar-refractivity contribution in [2.24, 2.45) is 11.3 Å². The summed E-state index contributed by atoms with van der Waals surface area (Å²) in [6.07, 6.45) is 3.36. The second-order valence-corrected chi connectivity index (χ2v) is 5.59. The van der Waals surface area contributed by atoms with Crippen LogP contribution in [0, 0.1) is 11.3 Å². The molecule has 0 aliphatic heterocycles. The number of aromatic nitrogens is 2. The van der Waals surface area contributed by atoms with Gasteiger partial charge in [0.15, 0.2) is 0 Å². The second-order valence-electron chi connectivity index (χ2n) is 5.59. The van der Waals surface area contributed by atoms with Gasteiger partial charge in [-0.15, -0.1) is 0 Å². The van der Waals surface area contributed by atoms with Crippen molar-refractivity contribution in [3.8, 4) is 0 Å². The summed E-state index contributed by atoms with van der Waals surface area (Å²) < 4.78 is 0. The molecule has 0 unspecified atom stereocenters. The molecule has 3 heteroatoms. The Morgan fingerprint density at radius 2 is 2.20 bits per heavy atom. The van der Waals surface area contributed by atoms with E-state index in [9.17, 15) is 5.11 Å². The van der Waals surface area contributed by atoms with E-state index in [1.807, 2.05) is 0 Å². The van der Waals surface area contributed by atoms with Crippen LogP contribution in [0.3, 0.4) is 0 Å². The molecule has 84 valence electrons. The van der Waals surface area contributed by atoms with Crippen LogP contribution in [0.25, 0.3) is 0 Å². The first-order valence-electron chi connectivity index (χ1n) is 5.68. The number of aliphatic hydroxyl groups is 1. The molecule has 3 nitrogen and oxygen atoms in total. The molecule has 1 aliphatic rings. The van der Waals surface area contributed by atoms with Crippen LogP contribution in [0.2, 0.25) is 0 Å². The molecule has 1 aromatic heterocycles. The molecule has 1 atom stereocenters. The fraction of sp³-hybridized carbons (Fsp3) is 0.750. The van der Waals surface area contributed by atoms with Gasteiger partial charge in [0.2, 0.25) is 0 Å². The minimum Gasteiger partial charge on any atom is -0.390 e. The van der Waals surface area contributed by atoms with Crippen molar-refractivity contribution in [3.05, 3.63) is 17.0 Å². The summed E-state index contributed by atoms with van der Waals surface area (Å²) in [6.45, 7) is 6.94. The third-order valence-corrected chi connectivity index (χ3v) is 3.61. The normalized spacial score (nSPS) is 21.5. The SMILES string of the molecule is CC(C)(C)[C@H]1CCc2[nH]nc(CO)c2C1. The van der Waals surface area contributed by atoms with Crippen molar-refractivity contribution in [1.82, 2.24) is 10.2 Å². The highest BCUT2D eigenvalue weighted by Crippen LogP contribution is 2.37. The van der Waals surface area contributed by atoms with Gasteiger partial charge in [-0.05, 0) is 36.2 Å². The van der Waals surface area contributed by atoms with Gasteiger partial charge in [0.25, 0.3) is 0 Å². The van der Waals surface area contributed by atoms with Crippen LogP contribution in [0.1, 0.15) is 44.1 Å². The Labute approximate surface area is 90.9 Å². The molecule has 0 aromatic carbocycles. The van der Waals surface area contributed by atoms with E-state index in [-0.39, 0.29) is 6.61 Å². The predicted octanol–water partition coefficient (Wildman–Crippen LogP) is 2.05. The lowest BCUT2D eigenvalue weighted by Crippen LogP contribution is -2.27. The maximum Gasteiger partial charge on any atom is 0.0911 e. The maximum atomic E-state index is 9.19. The van der Waals surface area contributed by atoms with Gasteiger partial charge in [-0.2, -0.15) is 5.10 Å². The van der Waals surface area contributed by atoms with Gasteiger partial charge >= 0.3 is 0 Å². The fourth-order valence-corrected chi connectivity index (χ4v) is 2.43. The van der Waals surface area contributed by atoms with E-state index in [1.54, 1.807) is 0 Å². The van der Waals surface area contributed by atoms with Gasteiger partial charge in [0.05, 0.1) is 12.3 Å². The molecule has 0 saturated carbocycles. The minimum atomic E-state index is 0.0582. The summed E-state index contributed by atoms with van der Waals surface area (Å²) in [4.78, 5) is 0. The molecule has 0 spiro atoms. The van der Waals surface area contributed by atoms with E-state index in [0.717, 1.165) is 18.5 Å². The van der Waals surface area contributed by atoms with Crippen LogP contribution in [0.4, 0.5) is 0 Å². The summed E-state index contributed by atoms with van der Waals surface area (Å²) in [5.41, 5.74) is 3.70. The standard InChI is InChI=1S/C12H20N2O/c1-12(2,3)8-4-5-10-9(6-8)11(7-15)14-13-10/h8,15H,4-7H2,1-3H3,(H,13,14)/t8-/m0/s1. The predicted molar refractivity (Wildman–Crippen MR) is 59.5 cm³/mol. The van der Waals surface area contributed by atoms with Gasteiger partial charge in [-0.1, -0.05) is 20.8 Å². The second kappa shape index (κ2) is 3.63. The first-order valence-corrected chi connectivity index (χ1v) is 5.68. The number of nitrogens with one attached hydrogen (secondary N) is 1. The summed E-state index contributed by atoms with van der Waals surface area (Å²) in [7, 11) is 0. The Bertz CT molecular complexity index is 335. The molecule has 0 amide bonds. The zero-order chi connectivity index (χ0) is 11.1. The molecule has 15 heavy (non-hydrogen) atoms. The van der Waals surface area contributed by atoms with Gasteiger partial charge in [0.1, 0.15) is 0 Å². The van der Waals surface area contributed by atoms with E-state index in [0.29, 0.717) is 11.3 Å². The van der Waals surface area contributed by atoms with Gasteiger partial charge in [0, 0.05) is 5.69 Å². The number of aryl methyl sites for hydroxylation is 1. The largest absolute Gasteiger partial charge is 0.390 e. The number of rotatable bonds is 1. The lowest BCUT2D eigenvalue weighted by molar-refractivity contribution is 0.213. The van der Waals surface area contributed by atoms with Crippen LogP contribution >= 0.6 is 0 Å². The lowest BCUT2D eigenvalue weighted by atomic mass is 9.71. The zero-order valence-electron chi connectivity index (χ0n) is 9.80. The third kappa shape index (κ3) is 1.93. The average molecular weight is 208 g/mol. The molecular formula is C12H20N2O. The highest BCUT2D eigenvalue weighted by Gasteiger charge is 2.30. The van der Waals surface area contributed by atoms with Crippen LogP contribution in [0.5, 0.6) is 0 Å². The summed E-state index contributed by atoms with van der Waals surface area (Å²) in [5.74, 6) is 0.702. The van der Waals surface area contributed by atoms with Crippen LogP contribution < -0.4 is 0 Å². The third-order valence-electron chi connectivity index (χ3n) is 3.61. The number of hydrogen-bond acceptors (Lipinski definition) is 2. The Kier molecular flexibility index (Phi) is 2.59. The first kappa shape index (κ1) is 10.7. The van der Waals surface area contributed by atoms with E-state index in [2.05, 4.69) is 31.0 Å². The molecule has 1 heterocycles. The minimum absolute atomic E-state index is 0.0582. The summed E-state index contributed by atoms with van der Waals surface area (Å²) in [6, 6.07) is 0. The van der Waals surface area contributed by atoms with Crippen molar-refractivity contribution >= 4 is 0 Å². The Morgan fingerprint density at radius 1 is 1.47 bits per heavy atom. The van der Waals surface area contributed by atoms with Gasteiger partial charge in [-0.25, -0.2) is 0 Å². The molecule has 0 saturated heterocycles. The number of H-pyrrole nitrogens is 1. The number of fused-ring (bicyclic) bond motifs is 1. The van der Waals surface area contributed by atoms with E-state index in [1.165, 1.54) is 17.7 Å². The molecular weight excluding hydrogens is 188 g/mol. The summed E-state index contributed by atoms with van der Waals surface area (Å²) >= 11 is 0. The summed E-state index contributed by atoms with van der Waals surface area (Å²) in [5, 5.41) is 16.4. The number of hydrogen-bond donors (Lipinski definition) is 2. The van der Waals surface area contributed by atoms with Gasteiger partial charge < -0.3 is 5.11 Å². The molecule has 1 aromatic rings. The van der Waals surface area contributed by atoms with E-state index >= 15 is 0 Å². The van der Waals surface area contributed by atoms with Crippen molar-refractivity contribution in [2.75, 3.05) is 0 Å². The smallest absolute Gasteiger partial charge is 0.0911 e. The molecule has 2 N–H and O–H groups in total. The quantitative estimate of drug-likeness (QED) is 0.742. The molecule has 0 radical (unpaired) electrons. The number of nitrogens with zero attached hydrogens (tertiary/aromatic N) is 1. The Hall–Kier alpha value is -0.830. The van der Waals surface area contributed by atoms with Crippen molar-refractivity contribution < 1.29 is 5.11 Å². The zero-order valence-corrected chi connectivity index (χ0v) is 9.80. The molecule has 0 bridgehead atoms. The van der Waals surface area contributed by atoms with Crippen molar-refractivity contribution in [1.29, 1.82) is 0 Å². The average Bonchev–Trinajstić information content (AvgIpc) is 2.57. The molecule has 0 fully saturated rings. The van der Waals surface area contributed by atoms with Crippen molar-refractivity contribution in [3.63, 3.8) is 0 Å². The monoisotopic (exact) mass is 208 g/mol. The fourth-order valence-electron chi connectivity index (χ4n) is 2.43. The van der Waals surface area contributed by atoms with Crippen molar-refractivity contribution in [2.45, 2.75) is 46.6 Å². The number of aromatic amines is 1. The Morgan fingerprint density at radius 3 is 2.80 bits per heavy atom. The van der Waals surface area contributed by atoms with Crippen LogP contribution in [0.15, 0.2) is 0 Å². The first-order chi connectivity index (χ1) is 7.02. The van der Waals surface area contributed by atoms with E-state index < -0.39 is 0 Å². The van der Waals surface area contributed by atoms with Gasteiger partial charge in [-0.3, -0.25) is 5.10 Å². The number of aliphatic hydroxyl groups excluding tert-OH is 1. The molecule has 2 rings (SSSR count). The van der Waals surface area contributed by atoms with E-state index in [4.69, 9.17) is 0 Å². The maximum absolute atomic E-state index is 9.19. The highest BCUT2D eigenvalue weighted by atomic mass is 16.3. The van der Waals surface area contributed by atoms with Crippen LogP contribution in [-0.4, -0.2) is 15.3 Å². The molecule has 1 aliphatic carbocycles.